The summed E-state index contributed by atoms with van der Waals surface area (Å²) in [6.07, 6.45) is 1.41. The number of nitrogens with zero attached hydrogens (tertiary/aromatic N) is 1. The summed E-state index contributed by atoms with van der Waals surface area (Å²) in [6, 6.07) is 8.93. The van der Waals surface area contributed by atoms with Crippen molar-refractivity contribution >= 4 is 37.4 Å². The van der Waals surface area contributed by atoms with E-state index in [1.165, 1.54) is 13.0 Å². The van der Waals surface area contributed by atoms with E-state index in [4.69, 9.17) is 11.6 Å². The van der Waals surface area contributed by atoms with Crippen LogP contribution in [-0.4, -0.2) is 58.1 Å². The summed E-state index contributed by atoms with van der Waals surface area (Å²) in [5, 5.41) is 3.56. The van der Waals surface area contributed by atoms with Gasteiger partial charge in [0.15, 0.2) is 15.5 Å². The van der Waals surface area contributed by atoms with Crippen molar-refractivity contribution in [2.75, 3.05) is 19.3 Å². The summed E-state index contributed by atoms with van der Waals surface area (Å²) in [5.74, 6) is -1.59. The summed E-state index contributed by atoms with van der Waals surface area (Å²) < 4.78 is 79.7. The van der Waals surface area contributed by atoms with E-state index in [0.29, 0.717) is 5.56 Å². The average molecular weight is 547 g/mol. The molecule has 1 saturated heterocycles. The largest absolute Gasteiger partial charge is 0.347 e. The van der Waals surface area contributed by atoms with Gasteiger partial charge in [-0.3, -0.25) is 4.79 Å². The van der Waals surface area contributed by atoms with Crippen molar-refractivity contribution in [1.82, 2.24) is 9.62 Å². The molecule has 7 nitrogen and oxygen atoms in total. The minimum absolute atomic E-state index is 0.0805. The van der Waals surface area contributed by atoms with Crippen LogP contribution in [0, 0.1) is 5.82 Å². The molecule has 1 fully saturated rings. The molecule has 190 valence electrons. The maximum Gasteiger partial charge on any atom is 0.258 e. The van der Waals surface area contributed by atoms with Crippen molar-refractivity contribution in [2.24, 2.45) is 0 Å². The van der Waals surface area contributed by atoms with Crippen molar-refractivity contribution in [3.63, 3.8) is 0 Å². The zero-order valence-electron chi connectivity index (χ0n) is 19.0. The number of carbonyl (C=O) groups excluding carboxylic acids is 1. The summed E-state index contributed by atoms with van der Waals surface area (Å²) in [7, 11) is -7.57. The number of carbonyl (C=O) groups is 1. The summed E-state index contributed by atoms with van der Waals surface area (Å²) in [4.78, 5) is 12.3. The van der Waals surface area contributed by atoms with Gasteiger partial charge in [-0.05, 0) is 31.2 Å². The van der Waals surface area contributed by atoms with Crippen LogP contribution >= 0.6 is 11.6 Å². The van der Waals surface area contributed by atoms with Gasteiger partial charge in [-0.1, -0.05) is 35.9 Å². The first kappa shape index (κ1) is 27.3. The van der Waals surface area contributed by atoms with Crippen LogP contribution in [0.1, 0.15) is 19.8 Å². The number of piperidine rings is 1. The Bertz CT molecular complexity index is 1360. The minimum atomic E-state index is -4.17. The third-order valence-electron chi connectivity index (χ3n) is 5.62. The predicted molar refractivity (Wildman–Crippen MR) is 130 cm³/mol. The molecule has 2 aromatic rings. The molecule has 0 unspecified atom stereocenters. The number of benzene rings is 2. The smallest absolute Gasteiger partial charge is 0.258 e. The zero-order valence-corrected chi connectivity index (χ0v) is 21.4. The molecule has 1 aliphatic rings. The zero-order chi connectivity index (χ0) is 26.0. The molecular weight excluding hydrogens is 522 g/mol. The van der Waals surface area contributed by atoms with Crippen LogP contribution < -0.4 is 5.32 Å². The predicted octanol–water partition coefficient (Wildman–Crippen LogP) is 3.70. The number of nitrogens with one attached hydrogen (secondary N) is 1. The molecule has 0 aromatic heterocycles. The fourth-order valence-corrected chi connectivity index (χ4v) is 6.10. The Hall–Kier alpha value is -2.34. The lowest BCUT2D eigenvalue weighted by Crippen LogP contribution is -2.53. The highest BCUT2D eigenvalue weighted by Gasteiger charge is 2.45. The first-order chi connectivity index (χ1) is 16.2. The molecule has 1 atom stereocenters. The molecule has 12 heteroatoms. The van der Waals surface area contributed by atoms with E-state index < -0.39 is 56.1 Å². The number of hydrogen-bond donors (Lipinski definition) is 1. The van der Waals surface area contributed by atoms with Crippen molar-refractivity contribution in [3.8, 4) is 11.1 Å². The highest BCUT2D eigenvalue weighted by atomic mass is 35.5. The number of alkyl halides is 1. The van der Waals surface area contributed by atoms with Gasteiger partial charge in [-0.15, -0.1) is 0 Å². The van der Waals surface area contributed by atoms with E-state index in [1.54, 1.807) is 24.3 Å². The van der Waals surface area contributed by atoms with E-state index in [1.807, 2.05) is 0 Å². The topological polar surface area (TPSA) is 101 Å². The van der Waals surface area contributed by atoms with Gasteiger partial charge < -0.3 is 5.32 Å². The Balaban J connectivity index is 1.79. The summed E-state index contributed by atoms with van der Waals surface area (Å²) in [6.45, 7) is 0.936. The van der Waals surface area contributed by atoms with E-state index in [0.717, 1.165) is 34.2 Å². The first-order valence-corrected chi connectivity index (χ1v) is 14.4. The van der Waals surface area contributed by atoms with Gasteiger partial charge in [0.2, 0.25) is 10.0 Å². The number of amides is 1. The molecule has 1 heterocycles. The van der Waals surface area contributed by atoms with Crippen LogP contribution in [0.3, 0.4) is 0 Å². The Labute approximate surface area is 208 Å². The fraction of sp³-hybridized carbons (Fsp3) is 0.348. The molecule has 3 rings (SSSR count). The molecule has 1 amide bonds. The lowest BCUT2D eigenvalue weighted by atomic mass is 9.93. The molecule has 0 radical (unpaired) electrons. The van der Waals surface area contributed by atoms with Gasteiger partial charge in [-0.25, -0.2) is 25.6 Å². The third-order valence-corrected chi connectivity index (χ3v) is 8.56. The Morgan fingerprint density at radius 1 is 1.11 bits per heavy atom. The monoisotopic (exact) mass is 546 g/mol. The van der Waals surface area contributed by atoms with Gasteiger partial charge in [0, 0.05) is 59.8 Å². The quantitative estimate of drug-likeness (QED) is 0.571. The second-order valence-corrected chi connectivity index (χ2v) is 12.7. The molecule has 1 aliphatic heterocycles. The number of sulfone groups is 1. The van der Waals surface area contributed by atoms with Crippen LogP contribution in [0.25, 0.3) is 11.1 Å². The van der Waals surface area contributed by atoms with Crippen LogP contribution in [0.15, 0.2) is 58.8 Å². The maximum absolute atomic E-state index is 15.4. The average Bonchev–Trinajstić information content (AvgIpc) is 2.77. The number of hydrogen-bond acceptors (Lipinski definition) is 5. The summed E-state index contributed by atoms with van der Waals surface area (Å²) in [5.41, 5.74) is -1.91. The van der Waals surface area contributed by atoms with E-state index >= 15 is 4.39 Å². The molecule has 1 N–H and O–H groups in total. The number of sulfonamides is 1. The van der Waals surface area contributed by atoms with Gasteiger partial charge in [-0.2, -0.15) is 4.31 Å². The highest BCUT2D eigenvalue weighted by molar-refractivity contribution is 7.93. The lowest BCUT2D eigenvalue weighted by Gasteiger charge is -2.35. The molecular formula is C23H25ClF2N2O5S2. The van der Waals surface area contributed by atoms with Crippen LogP contribution in [-0.2, 0) is 24.7 Å². The Morgan fingerprint density at radius 2 is 1.74 bits per heavy atom. The highest BCUT2D eigenvalue weighted by Crippen LogP contribution is 2.36. The van der Waals surface area contributed by atoms with Crippen molar-refractivity contribution in [1.29, 1.82) is 0 Å². The minimum Gasteiger partial charge on any atom is -0.347 e. The maximum atomic E-state index is 15.4. The lowest BCUT2D eigenvalue weighted by molar-refractivity contribution is -0.135. The molecule has 0 aliphatic carbocycles. The second-order valence-electron chi connectivity index (χ2n) is 8.41. The Morgan fingerprint density at radius 3 is 2.34 bits per heavy atom. The Kier molecular flexibility index (Phi) is 8.05. The molecule has 35 heavy (non-hydrogen) atoms. The van der Waals surface area contributed by atoms with Crippen molar-refractivity contribution < 1.29 is 30.4 Å². The molecule has 0 spiro atoms. The molecule has 2 aromatic carbocycles. The van der Waals surface area contributed by atoms with Crippen LogP contribution in [0.4, 0.5) is 8.78 Å². The molecule has 0 bridgehead atoms. The van der Waals surface area contributed by atoms with Crippen molar-refractivity contribution in [3.05, 3.63) is 64.8 Å². The number of halogens is 3. The number of rotatable bonds is 7. The van der Waals surface area contributed by atoms with E-state index in [9.17, 15) is 26.0 Å². The van der Waals surface area contributed by atoms with Gasteiger partial charge >= 0.3 is 0 Å². The van der Waals surface area contributed by atoms with Crippen LogP contribution in [0.5, 0.6) is 0 Å². The third kappa shape index (κ3) is 6.46. The first-order valence-electron chi connectivity index (χ1n) is 10.7. The summed E-state index contributed by atoms with van der Waals surface area (Å²) >= 11 is 6.22. The second kappa shape index (κ2) is 10.3. The standard InChI is InChI=1S/C23H25ClF2N2O5S2/c1-16(9-14-34(2,30)31)27-22(29)23(26)10-12-28(13-11-23)35(32,33)21-8-7-17(25)15-19(21)18-5-3-4-6-20(18)24/h3-9,14-16H,10-13H2,1-2H3,(H,27,29)/b14-9-/t16-/m1/s1. The SMILES string of the molecule is C[C@H](/C=C\S(C)(=O)=O)NC(=O)C1(F)CCN(S(=O)(=O)c2ccc(F)cc2-c2ccccc2Cl)CC1. The fourth-order valence-electron chi connectivity index (χ4n) is 3.71. The van der Waals surface area contributed by atoms with E-state index in [2.05, 4.69) is 5.32 Å². The van der Waals surface area contributed by atoms with Crippen LogP contribution in [0.2, 0.25) is 5.02 Å². The van der Waals surface area contributed by atoms with Gasteiger partial charge in [0.05, 0.1) is 4.90 Å². The van der Waals surface area contributed by atoms with Gasteiger partial charge in [0.25, 0.3) is 5.91 Å². The van der Waals surface area contributed by atoms with Gasteiger partial charge in [0.1, 0.15) is 5.82 Å². The molecule has 0 saturated carbocycles. The van der Waals surface area contributed by atoms with Crippen molar-refractivity contribution in [2.45, 2.75) is 36.4 Å². The van der Waals surface area contributed by atoms with E-state index in [-0.39, 0.29) is 28.6 Å². The normalized spacial score (nSPS) is 17.9.